The molecule has 4 aliphatic rings. The van der Waals surface area contributed by atoms with Gasteiger partial charge in [-0.15, -0.1) is 0 Å². The molecular weight excluding hydrogens is 446 g/mol. The molecule has 8 nitrogen and oxygen atoms in total. The Morgan fingerprint density at radius 1 is 1.15 bits per heavy atom. The second-order valence-electron chi connectivity index (χ2n) is 8.84. The fourth-order valence-electron chi connectivity index (χ4n) is 6.36. The van der Waals surface area contributed by atoms with Crippen molar-refractivity contribution in [3.63, 3.8) is 0 Å². The summed E-state index contributed by atoms with van der Waals surface area (Å²) in [5, 5.41) is 3.37. The van der Waals surface area contributed by atoms with Gasteiger partial charge in [0.05, 0.1) is 30.2 Å². The van der Waals surface area contributed by atoms with Crippen LogP contribution < -0.4 is 10.2 Å². The summed E-state index contributed by atoms with van der Waals surface area (Å²) in [6.07, 6.45) is 1.52. The highest BCUT2D eigenvalue weighted by Gasteiger charge is 2.74. The quantitative estimate of drug-likeness (QED) is 0.541. The lowest BCUT2D eigenvalue weighted by Gasteiger charge is -2.36. The van der Waals surface area contributed by atoms with Crippen LogP contribution >= 0.6 is 11.6 Å². The van der Waals surface area contributed by atoms with Crippen molar-refractivity contribution in [3.05, 3.63) is 58.6 Å². The summed E-state index contributed by atoms with van der Waals surface area (Å²) >= 11 is 6.31. The van der Waals surface area contributed by atoms with E-state index in [1.165, 1.54) is 13.2 Å². The zero-order valence-corrected chi connectivity index (χ0v) is 18.5. The molecule has 1 N–H and O–H groups in total. The third-order valence-electron chi connectivity index (χ3n) is 7.50. The third kappa shape index (κ3) is 2.40. The van der Waals surface area contributed by atoms with E-state index in [0.29, 0.717) is 29.2 Å². The number of hydrogen-bond acceptors (Lipinski definition) is 6. The largest absolute Gasteiger partial charge is 0.465 e. The first-order valence-electron chi connectivity index (χ1n) is 10.8. The van der Waals surface area contributed by atoms with E-state index in [9.17, 15) is 19.2 Å². The Labute approximate surface area is 194 Å². The molecule has 3 amide bonds. The average Bonchev–Trinajstić information content (AvgIpc) is 3.52. The van der Waals surface area contributed by atoms with Gasteiger partial charge in [-0.25, -0.2) is 9.69 Å². The normalized spacial score (nSPS) is 29.9. The molecule has 6 rings (SSSR count). The number of hydrogen-bond donors (Lipinski definition) is 1. The fraction of sp³-hybridized carbons (Fsp3) is 0.333. The van der Waals surface area contributed by atoms with E-state index in [4.69, 9.17) is 16.3 Å². The number of benzene rings is 2. The Hall–Kier alpha value is -3.23. The number of methoxy groups -OCH3 is 1. The molecule has 3 fully saturated rings. The summed E-state index contributed by atoms with van der Waals surface area (Å²) in [5.41, 5.74) is 0.220. The molecule has 4 aliphatic heterocycles. The number of anilines is 2. The molecule has 4 atom stereocenters. The van der Waals surface area contributed by atoms with Gasteiger partial charge in [-0.2, -0.15) is 0 Å². The van der Waals surface area contributed by atoms with Crippen LogP contribution in [0.15, 0.2) is 42.5 Å². The van der Waals surface area contributed by atoms with Gasteiger partial charge in [-0.1, -0.05) is 23.7 Å². The minimum absolute atomic E-state index is 0.123. The van der Waals surface area contributed by atoms with E-state index in [-0.39, 0.29) is 23.2 Å². The number of para-hydroxylation sites is 1. The van der Waals surface area contributed by atoms with Gasteiger partial charge in [0.2, 0.25) is 17.7 Å². The van der Waals surface area contributed by atoms with Crippen LogP contribution in [0.3, 0.4) is 0 Å². The van der Waals surface area contributed by atoms with Crippen LogP contribution in [0.4, 0.5) is 11.4 Å². The number of rotatable bonds is 2. The van der Waals surface area contributed by atoms with Crippen LogP contribution in [0.1, 0.15) is 28.8 Å². The number of nitrogens with zero attached hydrogens (tertiary/aromatic N) is 2. The first-order chi connectivity index (χ1) is 15.9. The van der Waals surface area contributed by atoms with Crippen LogP contribution in [-0.2, 0) is 24.7 Å². The van der Waals surface area contributed by atoms with Crippen molar-refractivity contribution in [1.82, 2.24) is 4.90 Å². The summed E-state index contributed by atoms with van der Waals surface area (Å²) < 4.78 is 4.87. The predicted octanol–water partition coefficient (Wildman–Crippen LogP) is 2.56. The molecule has 2 aromatic rings. The van der Waals surface area contributed by atoms with E-state index in [2.05, 4.69) is 5.32 Å². The van der Waals surface area contributed by atoms with Crippen molar-refractivity contribution in [1.29, 1.82) is 0 Å². The number of amides is 3. The summed E-state index contributed by atoms with van der Waals surface area (Å²) in [4.78, 5) is 56.9. The van der Waals surface area contributed by atoms with Gasteiger partial charge in [0.25, 0.3) is 0 Å². The van der Waals surface area contributed by atoms with Gasteiger partial charge in [-0.05, 0) is 49.7 Å². The number of halogens is 1. The molecule has 9 heteroatoms. The molecule has 0 unspecified atom stereocenters. The molecule has 1 spiro atoms. The van der Waals surface area contributed by atoms with Crippen molar-refractivity contribution in [2.75, 3.05) is 23.9 Å². The van der Waals surface area contributed by atoms with Gasteiger partial charge in [-0.3, -0.25) is 19.3 Å². The third-order valence-corrected chi connectivity index (χ3v) is 7.74. The van der Waals surface area contributed by atoms with Gasteiger partial charge in [0, 0.05) is 22.3 Å². The van der Waals surface area contributed by atoms with Gasteiger partial charge >= 0.3 is 5.97 Å². The summed E-state index contributed by atoms with van der Waals surface area (Å²) in [7, 11) is 1.25. The fourth-order valence-corrected chi connectivity index (χ4v) is 6.54. The van der Waals surface area contributed by atoms with E-state index >= 15 is 0 Å². The van der Waals surface area contributed by atoms with Crippen molar-refractivity contribution in [2.45, 2.75) is 24.4 Å². The van der Waals surface area contributed by atoms with Gasteiger partial charge in [0.15, 0.2) is 0 Å². The molecular formula is C24H20ClN3O5. The lowest BCUT2D eigenvalue weighted by Crippen LogP contribution is -2.54. The Balaban J connectivity index is 1.55. The number of carbonyl (C=O) groups excluding carboxylic acids is 4. The number of carbonyl (C=O) groups is 4. The van der Waals surface area contributed by atoms with Crippen LogP contribution in [0.25, 0.3) is 0 Å². The van der Waals surface area contributed by atoms with Crippen molar-refractivity contribution in [3.8, 4) is 0 Å². The minimum atomic E-state index is -1.31. The molecule has 3 saturated heterocycles. The number of nitrogens with one attached hydrogen (secondary N) is 1. The second kappa shape index (κ2) is 6.88. The summed E-state index contributed by atoms with van der Waals surface area (Å²) in [6.45, 7) is 0.607. The number of esters is 1. The maximum atomic E-state index is 14.0. The lowest BCUT2D eigenvalue weighted by molar-refractivity contribution is -0.135. The smallest absolute Gasteiger partial charge is 0.339 e. The average molecular weight is 466 g/mol. The second-order valence-corrected chi connectivity index (χ2v) is 9.27. The Kier molecular flexibility index (Phi) is 4.25. The molecule has 0 aromatic heterocycles. The summed E-state index contributed by atoms with van der Waals surface area (Å²) in [6, 6.07) is 11.3. The standard InChI is InChI=1S/C24H20ClN3O5/c1-33-22(31)13-5-2-3-6-16(13)28-20(29)18-17-7-4-10-27(17)24(19(18)21(28)30)14-11-12(25)8-9-15(14)26-23(24)32/h2-3,5-6,8-9,11,17-19H,4,7,10H2,1H3,(H,26,32)/t17-,18+,19-,24+/m0/s1. The predicted molar refractivity (Wildman–Crippen MR) is 119 cm³/mol. The zero-order valence-electron chi connectivity index (χ0n) is 17.7. The topological polar surface area (TPSA) is 96.0 Å². The molecule has 33 heavy (non-hydrogen) atoms. The molecule has 0 bridgehead atoms. The van der Waals surface area contributed by atoms with Crippen molar-refractivity contribution < 1.29 is 23.9 Å². The van der Waals surface area contributed by atoms with E-state index < -0.39 is 35.2 Å². The van der Waals surface area contributed by atoms with Crippen molar-refractivity contribution in [2.24, 2.45) is 11.8 Å². The summed E-state index contributed by atoms with van der Waals surface area (Å²) in [5.74, 6) is -3.45. The Morgan fingerprint density at radius 3 is 2.73 bits per heavy atom. The van der Waals surface area contributed by atoms with Gasteiger partial charge in [0.1, 0.15) is 5.54 Å². The van der Waals surface area contributed by atoms with Crippen LogP contribution in [0, 0.1) is 11.8 Å². The number of ether oxygens (including phenoxy) is 1. The molecule has 0 aliphatic carbocycles. The first-order valence-corrected chi connectivity index (χ1v) is 11.2. The zero-order chi connectivity index (χ0) is 23.1. The highest BCUT2D eigenvalue weighted by molar-refractivity contribution is 6.31. The highest BCUT2D eigenvalue weighted by atomic mass is 35.5. The monoisotopic (exact) mass is 465 g/mol. The molecule has 4 heterocycles. The molecule has 168 valence electrons. The number of imide groups is 1. The minimum Gasteiger partial charge on any atom is -0.465 e. The maximum Gasteiger partial charge on any atom is 0.339 e. The van der Waals surface area contributed by atoms with Crippen LogP contribution in [0.2, 0.25) is 5.02 Å². The van der Waals surface area contributed by atoms with E-state index in [1.807, 2.05) is 4.90 Å². The molecule has 0 saturated carbocycles. The molecule has 0 radical (unpaired) electrons. The van der Waals surface area contributed by atoms with Crippen LogP contribution in [0.5, 0.6) is 0 Å². The SMILES string of the molecule is COC(=O)c1ccccc1N1C(=O)[C@H]2[C@@H](C1=O)[C@]1(C(=O)Nc3ccc(Cl)cc31)N1CCC[C@@H]21. The maximum absolute atomic E-state index is 14.0. The molecule has 2 aromatic carbocycles. The van der Waals surface area contributed by atoms with E-state index in [0.717, 1.165) is 11.3 Å². The lowest BCUT2D eigenvalue weighted by atomic mass is 9.75. The Morgan fingerprint density at radius 2 is 1.94 bits per heavy atom. The number of fused-ring (bicyclic) bond motifs is 7. The van der Waals surface area contributed by atoms with E-state index in [1.54, 1.807) is 36.4 Å². The van der Waals surface area contributed by atoms with Crippen LogP contribution in [-0.4, -0.2) is 48.3 Å². The Bertz CT molecular complexity index is 1260. The highest BCUT2D eigenvalue weighted by Crippen LogP contribution is 2.61. The van der Waals surface area contributed by atoms with Crippen molar-refractivity contribution >= 4 is 46.7 Å². The van der Waals surface area contributed by atoms with Gasteiger partial charge < -0.3 is 10.1 Å². The first kappa shape index (κ1) is 20.4.